The van der Waals surface area contributed by atoms with Crippen LogP contribution in [0.25, 0.3) is 0 Å². The molecule has 0 spiro atoms. The lowest BCUT2D eigenvalue weighted by molar-refractivity contribution is -0.131. The summed E-state index contributed by atoms with van der Waals surface area (Å²) in [6.07, 6.45) is 0. The predicted octanol–water partition coefficient (Wildman–Crippen LogP) is 2.18. The Balaban J connectivity index is 1.47. The number of piperazine rings is 1. The van der Waals surface area contributed by atoms with Gasteiger partial charge >= 0.3 is 0 Å². The van der Waals surface area contributed by atoms with Gasteiger partial charge in [-0.3, -0.25) is 9.69 Å². The van der Waals surface area contributed by atoms with Crippen molar-refractivity contribution < 1.29 is 14.6 Å². The molecule has 1 fully saturated rings. The standard InChI is InChI=1S/C21H27N3O3/c1-22(15-17-4-3-5-20(14-17)27-2)21(26)16-23-10-12-24(13-11-23)18-6-8-19(25)9-7-18/h3-9,14,25H,10-13,15-16H2,1-2H3. The minimum atomic E-state index is 0.121. The molecule has 1 N–H and O–H groups in total. The monoisotopic (exact) mass is 369 g/mol. The van der Waals surface area contributed by atoms with Crippen LogP contribution >= 0.6 is 0 Å². The van der Waals surface area contributed by atoms with Gasteiger partial charge in [0, 0.05) is 45.5 Å². The van der Waals surface area contributed by atoms with E-state index in [0.717, 1.165) is 43.2 Å². The van der Waals surface area contributed by atoms with Gasteiger partial charge in [-0.1, -0.05) is 12.1 Å². The quantitative estimate of drug-likeness (QED) is 0.846. The number of anilines is 1. The van der Waals surface area contributed by atoms with Crippen molar-refractivity contribution in [3.8, 4) is 11.5 Å². The molecular weight excluding hydrogens is 342 g/mol. The highest BCUT2D eigenvalue weighted by Crippen LogP contribution is 2.20. The second-order valence-corrected chi connectivity index (χ2v) is 6.88. The highest BCUT2D eigenvalue weighted by atomic mass is 16.5. The Bertz CT molecular complexity index is 756. The fraction of sp³-hybridized carbons (Fsp3) is 0.381. The summed E-state index contributed by atoms with van der Waals surface area (Å²) in [6, 6.07) is 15.1. The molecule has 27 heavy (non-hydrogen) atoms. The number of phenols is 1. The van der Waals surface area contributed by atoms with E-state index in [9.17, 15) is 9.90 Å². The molecule has 0 atom stereocenters. The summed E-state index contributed by atoms with van der Waals surface area (Å²) in [7, 11) is 3.49. The summed E-state index contributed by atoms with van der Waals surface area (Å²) in [5.41, 5.74) is 2.16. The first-order valence-electron chi connectivity index (χ1n) is 9.18. The molecule has 0 aliphatic carbocycles. The molecular formula is C21H27N3O3. The van der Waals surface area contributed by atoms with Crippen LogP contribution in [0.5, 0.6) is 11.5 Å². The fourth-order valence-electron chi connectivity index (χ4n) is 3.27. The van der Waals surface area contributed by atoms with Gasteiger partial charge < -0.3 is 19.6 Å². The van der Waals surface area contributed by atoms with E-state index in [0.29, 0.717) is 13.1 Å². The summed E-state index contributed by atoms with van der Waals surface area (Å²) < 4.78 is 5.24. The maximum absolute atomic E-state index is 12.6. The number of likely N-dealkylation sites (N-methyl/N-ethyl adjacent to an activating group) is 1. The Morgan fingerprint density at radius 3 is 2.48 bits per heavy atom. The van der Waals surface area contributed by atoms with E-state index < -0.39 is 0 Å². The van der Waals surface area contributed by atoms with Crippen molar-refractivity contribution in [3.05, 3.63) is 54.1 Å². The summed E-state index contributed by atoms with van der Waals surface area (Å²) in [5, 5.41) is 9.41. The van der Waals surface area contributed by atoms with Gasteiger partial charge in [0.1, 0.15) is 11.5 Å². The average molecular weight is 369 g/mol. The lowest BCUT2D eigenvalue weighted by Gasteiger charge is -2.36. The van der Waals surface area contributed by atoms with Gasteiger partial charge in [0.25, 0.3) is 0 Å². The Labute approximate surface area is 160 Å². The van der Waals surface area contributed by atoms with Crippen LogP contribution < -0.4 is 9.64 Å². The van der Waals surface area contributed by atoms with E-state index in [1.54, 1.807) is 24.1 Å². The third-order valence-corrected chi connectivity index (χ3v) is 4.93. The largest absolute Gasteiger partial charge is 0.508 e. The highest BCUT2D eigenvalue weighted by Gasteiger charge is 2.20. The molecule has 1 saturated heterocycles. The van der Waals surface area contributed by atoms with Crippen LogP contribution in [0.3, 0.4) is 0 Å². The molecule has 0 saturated carbocycles. The lowest BCUT2D eigenvalue weighted by Crippen LogP contribution is -2.49. The molecule has 1 aliphatic heterocycles. The number of carbonyl (C=O) groups is 1. The molecule has 1 aliphatic rings. The number of hydrogen-bond donors (Lipinski definition) is 1. The number of phenolic OH excluding ortho intramolecular Hbond substituents is 1. The zero-order valence-corrected chi connectivity index (χ0v) is 16.0. The van der Waals surface area contributed by atoms with Gasteiger partial charge in [-0.15, -0.1) is 0 Å². The van der Waals surface area contributed by atoms with Crippen molar-refractivity contribution in [1.29, 1.82) is 0 Å². The van der Waals surface area contributed by atoms with E-state index in [1.807, 2.05) is 43.4 Å². The Morgan fingerprint density at radius 2 is 1.81 bits per heavy atom. The lowest BCUT2D eigenvalue weighted by atomic mass is 10.2. The first-order valence-corrected chi connectivity index (χ1v) is 9.18. The number of rotatable bonds is 6. The van der Waals surface area contributed by atoms with E-state index in [2.05, 4.69) is 9.80 Å². The van der Waals surface area contributed by atoms with E-state index in [-0.39, 0.29) is 11.7 Å². The summed E-state index contributed by atoms with van der Waals surface area (Å²) in [6.45, 7) is 4.45. The van der Waals surface area contributed by atoms with Crippen LogP contribution in [0.15, 0.2) is 48.5 Å². The average Bonchev–Trinajstić information content (AvgIpc) is 2.69. The number of aromatic hydroxyl groups is 1. The Hall–Kier alpha value is -2.73. The maximum atomic E-state index is 12.6. The Kier molecular flexibility index (Phi) is 6.19. The number of benzene rings is 2. The topological polar surface area (TPSA) is 56.2 Å². The molecule has 2 aromatic carbocycles. The van der Waals surface area contributed by atoms with Crippen molar-refractivity contribution in [3.63, 3.8) is 0 Å². The zero-order chi connectivity index (χ0) is 19.2. The molecule has 6 nitrogen and oxygen atoms in total. The molecule has 0 unspecified atom stereocenters. The molecule has 1 heterocycles. The molecule has 0 radical (unpaired) electrons. The fourth-order valence-corrected chi connectivity index (χ4v) is 3.27. The van der Waals surface area contributed by atoms with Gasteiger partial charge in [-0.2, -0.15) is 0 Å². The number of methoxy groups -OCH3 is 1. The van der Waals surface area contributed by atoms with Crippen molar-refractivity contribution in [2.24, 2.45) is 0 Å². The number of hydrogen-bond acceptors (Lipinski definition) is 5. The van der Waals surface area contributed by atoms with Crippen LogP contribution in [0.2, 0.25) is 0 Å². The van der Waals surface area contributed by atoms with Gasteiger partial charge in [0.15, 0.2) is 0 Å². The molecule has 2 aromatic rings. The van der Waals surface area contributed by atoms with Crippen molar-refractivity contribution in [2.45, 2.75) is 6.54 Å². The predicted molar refractivity (Wildman–Crippen MR) is 106 cm³/mol. The van der Waals surface area contributed by atoms with Crippen LogP contribution in [0, 0.1) is 0 Å². The van der Waals surface area contributed by atoms with E-state index in [1.165, 1.54) is 0 Å². The molecule has 0 bridgehead atoms. The first kappa shape index (κ1) is 19.0. The molecule has 6 heteroatoms. The second kappa shape index (κ2) is 8.77. The van der Waals surface area contributed by atoms with Crippen LogP contribution in [-0.4, -0.2) is 67.7 Å². The normalized spacial score (nSPS) is 14.8. The third kappa shape index (κ3) is 5.14. The maximum Gasteiger partial charge on any atom is 0.236 e. The first-order chi connectivity index (χ1) is 13.0. The Morgan fingerprint density at radius 1 is 1.11 bits per heavy atom. The summed E-state index contributed by atoms with van der Waals surface area (Å²) >= 11 is 0. The number of amides is 1. The zero-order valence-electron chi connectivity index (χ0n) is 16.0. The van der Waals surface area contributed by atoms with Crippen molar-refractivity contribution >= 4 is 11.6 Å². The summed E-state index contributed by atoms with van der Waals surface area (Å²) in [4.78, 5) is 18.8. The number of carbonyl (C=O) groups excluding carboxylic acids is 1. The SMILES string of the molecule is COc1cccc(CN(C)C(=O)CN2CCN(c3ccc(O)cc3)CC2)c1. The van der Waals surface area contributed by atoms with Crippen molar-refractivity contribution in [2.75, 3.05) is 51.8 Å². The number of ether oxygens (including phenoxy) is 1. The van der Waals surface area contributed by atoms with Gasteiger partial charge in [-0.25, -0.2) is 0 Å². The minimum absolute atomic E-state index is 0.121. The number of nitrogens with zero attached hydrogens (tertiary/aromatic N) is 3. The van der Waals surface area contributed by atoms with Crippen molar-refractivity contribution in [1.82, 2.24) is 9.80 Å². The molecule has 0 aromatic heterocycles. The van der Waals surface area contributed by atoms with E-state index >= 15 is 0 Å². The van der Waals surface area contributed by atoms with Crippen LogP contribution in [0.4, 0.5) is 5.69 Å². The highest BCUT2D eigenvalue weighted by molar-refractivity contribution is 5.78. The molecule has 1 amide bonds. The third-order valence-electron chi connectivity index (χ3n) is 4.93. The van der Waals surface area contributed by atoms with Gasteiger partial charge in [0.2, 0.25) is 5.91 Å². The van der Waals surface area contributed by atoms with Crippen LogP contribution in [-0.2, 0) is 11.3 Å². The summed E-state index contributed by atoms with van der Waals surface area (Å²) in [5.74, 6) is 1.21. The smallest absolute Gasteiger partial charge is 0.236 e. The minimum Gasteiger partial charge on any atom is -0.508 e. The molecule has 3 rings (SSSR count). The van der Waals surface area contributed by atoms with Gasteiger partial charge in [0.05, 0.1) is 13.7 Å². The molecule has 144 valence electrons. The van der Waals surface area contributed by atoms with Gasteiger partial charge in [-0.05, 0) is 42.0 Å². The van der Waals surface area contributed by atoms with Crippen LogP contribution in [0.1, 0.15) is 5.56 Å². The van der Waals surface area contributed by atoms with E-state index in [4.69, 9.17) is 4.74 Å². The second-order valence-electron chi connectivity index (χ2n) is 6.88.